The van der Waals surface area contributed by atoms with Crippen molar-refractivity contribution in [2.75, 3.05) is 33.0 Å². The third kappa shape index (κ3) is 12.1. The van der Waals surface area contributed by atoms with Gasteiger partial charge in [-0.3, -0.25) is 19.3 Å². The molecule has 3 amide bonds. The van der Waals surface area contributed by atoms with Gasteiger partial charge in [-0.2, -0.15) is 0 Å². The minimum absolute atomic E-state index is 0.0293. The molecule has 1 saturated heterocycles. The van der Waals surface area contributed by atoms with E-state index in [4.69, 9.17) is 25.8 Å². The van der Waals surface area contributed by atoms with Crippen LogP contribution in [0.3, 0.4) is 0 Å². The maximum atomic E-state index is 14.4. The van der Waals surface area contributed by atoms with E-state index >= 15 is 0 Å². The number of likely N-dealkylation sites (tertiary alicyclic amines) is 1. The van der Waals surface area contributed by atoms with Crippen LogP contribution in [-0.4, -0.2) is 95.8 Å². The maximum absolute atomic E-state index is 14.4. The predicted octanol–water partition coefficient (Wildman–Crippen LogP) is 4.80. The number of carboxylic acid groups (broad SMARTS) is 1. The van der Waals surface area contributed by atoms with Gasteiger partial charge in [0.25, 0.3) is 0 Å². The maximum Gasteiger partial charge on any atom is 0.326 e. The molecule has 0 aromatic heterocycles. The van der Waals surface area contributed by atoms with Crippen LogP contribution < -0.4 is 20.1 Å². The normalized spacial score (nSPS) is 17.8. The van der Waals surface area contributed by atoms with Crippen molar-refractivity contribution in [2.45, 2.75) is 103 Å². The van der Waals surface area contributed by atoms with Crippen LogP contribution >= 0.6 is 11.6 Å². The number of carbonyl (C=O) groups excluding carboxylic acids is 3. The summed E-state index contributed by atoms with van der Waals surface area (Å²) in [5, 5.41) is 16.2. The molecule has 0 saturated carbocycles. The number of amides is 3. The number of ether oxygens (including phenoxy) is 3. The Bertz CT molecular complexity index is 1460. The molecule has 12 nitrogen and oxygen atoms in total. The average molecular weight is 729 g/mol. The molecule has 2 aromatic rings. The van der Waals surface area contributed by atoms with Crippen LogP contribution in [-0.2, 0) is 36.9 Å². The summed E-state index contributed by atoms with van der Waals surface area (Å²) in [6, 6.07) is 9.11. The molecule has 2 unspecified atom stereocenters. The number of nitrogens with zero attached hydrogens (tertiary/aromatic N) is 2. The lowest BCUT2D eigenvalue weighted by Crippen LogP contribution is -2.56. The molecule has 4 atom stereocenters. The third-order valence-electron chi connectivity index (χ3n) is 9.10. The van der Waals surface area contributed by atoms with Gasteiger partial charge in [0.05, 0.1) is 19.3 Å². The molecule has 3 N–H and O–H groups in total. The standard InChI is InChI=1S/C38H53ClN4O8/c1-5-7-15-42(16-8-6-2)22-35(44)40-30(17-25(3)4)37(46)43-21-29(49-23-27-11-14-33-34(19-27)51-24-50-33)20-32(43)36(45)41-31(38(47)48)18-26-9-12-28(39)13-10-26/h9-14,19,25,29-32H,5-8,15-18,20-24H2,1-4H3,(H,40,44)(H,41,45)(H,47,48)/t29-,30?,31?,32+/m1/s1. The second-order valence-electron chi connectivity index (χ2n) is 13.8. The molecule has 0 radical (unpaired) electrons. The van der Waals surface area contributed by atoms with Gasteiger partial charge < -0.3 is 34.9 Å². The summed E-state index contributed by atoms with van der Waals surface area (Å²) in [5.41, 5.74) is 1.52. The Morgan fingerprint density at radius 2 is 1.63 bits per heavy atom. The number of halogens is 1. The Labute approximate surface area is 306 Å². The van der Waals surface area contributed by atoms with Gasteiger partial charge in [0, 0.05) is 24.4 Å². The lowest BCUT2D eigenvalue weighted by molar-refractivity contribution is -0.145. The van der Waals surface area contributed by atoms with Crippen LogP contribution in [0.15, 0.2) is 42.5 Å². The molecule has 2 heterocycles. The lowest BCUT2D eigenvalue weighted by atomic mass is 10.0. The van der Waals surface area contributed by atoms with Gasteiger partial charge in [0.15, 0.2) is 11.5 Å². The average Bonchev–Trinajstić information content (AvgIpc) is 3.75. The zero-order valence-corrected chi connectivity index (χ0v) is 31.0. The number of carboxylic acids is 1. The van der Waals surface area contributed by atoms with Crippen molar-refractivity contribution in [3.8, 4) is 11.5 Å². The van der Waals surface area contributed by atoms with Crippen LogP contribution in [0.5, 0.6) is 11.5 Å². The predicted molar refractivity (Wildman–Crippen MR) is 194 cm³/mol. The number of hydrogen-bond acceptors (Lipinski definition) is 8. The monoisotopic (exact) mass is 728 g/mol. The van der Waals surface area contributed by atoms with Gasteiger partial charge in [-0.05, 0) is 73.7 Å². The van der Waals surface area contributed by atoms with Crippen LogP contribution in [0.1, 0.15) is 77.3 Å². The van der Waals surface area contributed by atoms with E-state index in [1.807, 2.05) is 26.0 Å². The number of carbonyl (C=O) groups is 4. The molecule has 0 aliphatic carbocycles. The van der Waals surface area contributed by atoms with Crippen LogP contribution in [0.2, 0.25) is 5.02 Å². The van der Waals surface area contributed by atoms with Gasteiger partial charge in [0.2, 0.25) is 24.5 Å². The van der Waals surface area contributed by atoms with Gasteiger partial charge in [-0.15, -0.1) is 0 Å². The van der Waals surface area contributed by atoms with E-state index in [2.05, 4.69) is 29.4 Å². The largest absolute Gasteiger partial charge is 0.480 e. The van der Waals surface area contributed by atoms with Crippen molar-refractivity contribution in [2.24, 2.45) is 5.92 Å². The van der Waals surface area contributed by atoms with Crippen LogP contribution in [0.25, 0.3) is 0 Å². The van der Waals surface area contributed by atoms with Crippen molar-refractivity contribution >= 4 is 35.3 Å². The molecule has 13 heteroatoms. The molecule has 2 aliphatic rings. The minimum Gasteiger partial charge on any atom is -0.480 e. The zero-order chi connectivity index (χ0) is 36.9. The summed E-state index contributed by atoms with van der Waals surface area (Å²) in [6.07, 6.45) is 3.99. The Morgan fingerprint density at radius 1 is 0.961 bits per heavy atom. The highest BCUT2D eigenvalue weighted by molar-refractivity contribution is 6.30. The SMILES string of the molecule is CCCCN(CCCC)CC(=O)NC(CC(C)C)C(=O)N1C[C@H](OCc2ccc3c(c2)OCO3)C[C@H]1C(=O)NC(Cc1ccc(Cl)cc1)C(=O)O. The summed E-state index contributed by atoms with van der Waals surface area (Å²) in [6.45, 7) is 10.4. The molecular weight excluding hydrogens is 676 g/mol. The Kier molecular flexibility index (Phi) is 15.4. The number of rotatable bonds is 20. The second-order valence-corrected chi connectivity index (χ2v) is 14.3. The van der Waals surface area contributed by atoms with Crippen molar-refractivity contribution in [3.05, 3.63) is 58.6 Å². The van der Waals surface area contributed by atoms with Gasteiger partial charge in [0.1, 0.15) is 18.1 Å². The van der Waals surface area contributed by atoms with E-state index in [-0.39, 0.29) is 51.2 Å². The van der Waals surface area contributed by atoms with Gasteiger partial charge >= 0.3 is 5.97 Å². The molecule has 1 fully saturated rings. The smallest absolute Gasteiger partial charge is 0.326 e. The number of fused-ring (bicyclic) bond motifs is 1. The zero-order valence-electron chi connectivity index (χ0n) is 30.2. The summed E-state index contributed by atoms with van der Waals surface area (Å²) in [7, 11) is 0. The first-order chi connectivity index (χ1) is 24.5. The first-order valence-electron chi connectivity index (χ1n) is 18.1. The summed E-state index contributed by atoms with van der Waals surface area (Å²) in [5.74, 6) is -1.11. The third-order valence-corrected chi connectivity index (χ3v) is 9.35. The quantitative estimate of drug-likeness (QED) is 0.175. The summed E-state index contributed by atoms with van der Waals surface area (Å²) >= 11 is 6.01. The fraction of sp³-hybridized carbons (Fsp3) is 0.579. The first kappa shape index (κ1) is 39.9. The number of benzene rings is 2. The van der Waals surface area contributed by atoms with E-state index < -0.39 is 42.0 Å². The van der Waals surface area contributed by atoms with E-state index in [1.54, 1.807) is 30.3 Å². The van der Waals surface area contributed by atoms with E-state index in [0.29, 0.717) is 28.5 Å². The summed E-state index contributed by atoms with van der Waals surface area (Å²) in [4.78, 5) is 57.5. The molecule has 2 aliphatic heterocycles. The van der Waals surface area contributed by atoms with E-state index in [1.165, 1.54) is 4.90 Å². The Morgan fingerprint density at radius 3 is 2.27 bits per heavy atom. The van der Waals surface area contributed by atoms with E-state index in [9.17, 15) is 24.3 Å². The topological polar surface area (TPSA) is 147 Å². The van der Waals surface area contributed by atoms with Crippen molar-refractivity contribution in [1.82, 2.24) is 20.4 Å². The Hall–Kier alpha value is -3.87. The van der Waals surface area contributed by atoms with Crippen molar-refractivity contribution < 1.29 is 38.5 Å². The molecular formula is C38H53ClN4O8. The fourth-order valence-corrected chi connectivity index (χ4v) is 6.47. The van der Waals surface area contributed by atoms with Crippen molar-refractivity contribution in [3.63, 3.8) is 0 Å². The minimum atomic E-state index is -1.24. The fourth-order valence-electron chi connectivity index (χ4n) is 6.35. The van der Waals surface area contributed by atoms with Gasteiger partial charge in [-0.25, -0.2) is 4.79 Å². The number of unbranched alkanes of at least 4 members (excludes halogenated alkanes) is 2. The lowest BCUT2D eigenvalue weighted by Gasteiger charge is -2.30. The van der Waals surface area contributed by atoms with Crippen LogP contribution in [0.4, 0.5) is 0 Å². The summed E-state index contributed by atoms with van der Waals surface area (Å²) < 4.78 is 17.1. The Balaban J connectivity index is 1.52. The van der Waals surface area contributed by atoms with Crippen molar-refractivity contribution in [1.29, 1.82) is 0 Å². The molecule has 2 aromatic carbocycles. The number of aliphatic carboxylic acids is 1. The van der Waals surface area contributed by atoms with Crippen LogP contribution in [0, 0.1) is 5.92 Å². The highest BCUT2D eigenvalue weighted by atomic mass is 35.5. The molecule has 0 bridgehead atoms. The first-order valence-corrected chi connectivity index (χ1v) is 18.4. The molecule has 4 rings (SSSR count). The van der Waals surface area contributed by atoms with Gasteiger partial charge in [-0.1, -0.05) is 70.3 Å². The number of hydrogen-bond donors (Lipinski definition) is 3. The molecule has 0 spiro atoms. The highest BCUT2D eigenvalue weighted by Crippen LogP contribution is 2.33. The van der Waals surface area contributed by atoms with E-state index in [0.717, 1.165) is 44.3 Å². The highest BCUT2D eigenvalue weighted by Gasteiger charge is 2.43. The second kappa shape index (κ2) is 19.7. The molecule has 280 valence electrons. The number of nitrogens with one attached hydrogen (secondary N) is 2. The molecule has 51 heavy (non-hydrogen) atoms.